The van der Waals surface area contributed by atoms with Gasteiger partial charge in [-0.3, -0.25) is 10.1 Å². The third-order valence-corrected chi connectivity index (χ3v) is 2.04. The average Bonchev–Trinajstić information content (AvgIpc) is 2.25. The monoisotopic (exact) mass is 251 g/mol. The first kappa shape index (κ1) is 13.2. The highest BCUT2D eigenvalue weighted by Gasteiger charge is 2.42. The molecule has 0 radical (unpaired) electrons. The third kappa shape index (κ3) is 2.84. The number of halogens is 3. The van der Waals surface area contributed by atoms with E-state index >= 15 is 0 Å². The van der Waals surface area contributed by atoms with Crippen molar-refractivity contribution in [1.29, 1.82) is 0 Å². The van der Waals surface area contributed by atoms with Gasteiger partial charge in [0.2, 0.25) is 0 Å². The minimum atomic E-state index is -4.98. The number of ether oxygens (including phenoxy) is 1. The number of aliphatic hydroxyl groups excluding tert-OH is 1. The summed E-state index contributed by atoms with van der Waals surface area (Å²) in [7, 11) is 1.20. The van der Waals surface area contributed by atoms with Crippen LogP contribution < -0.4 is 4.74 Å². The largest absolute Gasteiger partial charge is 0.497 e. The van der Waals surface area contributed by atoms with Gasteiger partial charge in [-0.15, -0.1) is 0 Å². The maximum atomic E-state index is 12.3. The topological polar surface area (TPSA) is 72.6 Å². The maximum absolute atomic E-state index is 12.3. The zero-order valence-electron chi connectivity index (χ0n) is 8.56. The third-order valence-electron chi connectivity index (χ3n) is 2.04. The number of hydrogen-bond acceptors (Lipinski definition) is 4. The molecule has 1 N–H and O–H groups in total. The number of rotatable bonds is 3. The van der Waals surface area contributed by atoms with Gasteiger partial charge in [0, 0.05) is 6.07 Å². The zero-order chi connectivity index (χ0) is 13.2. The second-order valence-electron chi connectivity index (χ2n) is 3.13. The Morgan fingerprint density at radius 1 is 1.47 bits per heavy atom. The molecular formula is C9H8F3NO4. The van der Waals surface area contributed by atoms with Gasteiger partial charge in [0.05, 0.1) is 17.6 Å². The van der Waals surface area contributed by atoms with E-state index in [0.717, 1.165) is 18.2 Å². The first-order valence-electron chi connectivity index (χ1n) is 4.34. The highest BCUT2D eigenvalue weighted by Crippen LogP contribution is 2.38. The highest BCUT2D eigenvalue weighted by atomic mass is 19.4. The molecule has 0 saturated carbocycles. The van der Waals surface area contributed by atoms with E-state index in [-0.39, 0.29) is 5.75 Å². The molecule has 0 aliphatic carbocycles. The smallest absolute Gasteiger partial charge is 0.418 e. The molecule has 0 aliphatic rings. The molecule has 0 aliphatic heterocycles. The van der Waals surface area contributed by atoms with Crippen LogP contribution in [-0.4, -0.2) is 23.3 Å². The van der Waals surface area contributed by atoms with Crippen LogP contribution in [0.3, 0.4) is 0 Å². The molecule has 1 aromatic carbocycles. The van der Waals surface area contributed by atoms with E-state index in [4.69, 9.17) is 5.11 Å². The van der Waals surface area contributed by atoms with E-state index in [1.807, 2.05) is 0 Å². The summed E-state index contributed by atoms with van der Waals surface area (Å²) in [5, 5.41) is 19.6. The zero-order valence-corrected chi connectivity index (χ0v) is 8.56. The van der Waals surface area contributed by atoms with Crippen molar-refractivity contribution in [2.45, 2.75) is 12.3 Å². The van der Waals surface area contributed by atoms with Crippen LogP contribution in [0.5, 0.6) is 5.75 Å². The molecule has 8 heteroatoms. The summed E-state index contributed by atoms with van der Waals surface area (Å²) in [5.41, 5.74) is -1.66. The minimum Gasteiger partial charge on any atom is -0.497 e. The number of nitro benzene ring substituents is 1. The number of methoxy groups -OCH3 is 1. The Bertz CT molecular complexity index is 433. The van der Waals surface area contributed by atoms with Gasteiger partial charge in [-0.2, -0.15) is 13.2 Å². The van der Waals surface area contributed by atoms with Crippen molar-refractivity contribution in [1.82, 2.24) is 0 Å². The van der Waals surface area contributed by atoms with Crippen LogP contribution in [0.2, 0.25) is 0 Å². The first-order valence-corrected chi connectivity index (χ1v) is 4.34. The highest BCUT2D eigenvalue weighted by molar-refractivity contribution is 5.47. The van der Waals surface area contributed by atoms with Gasteiger partial charge in [-0.1, -0.05) is 0 Å². The number of alkyl halides is 3. The molecule has 1 atom stereocenters. The van der Waals surface area contributed by atoms with E-state index in [9.17, 15) is 23.3 Å². The number of nitro groups is 1. The second-order valence-corrected chi connectivity index (χ2v) is 3.13. The van der Waals surface area contributed by atoms with Crippen LogP contribution in [0.25, 0.3) is 0 Å². The molecule has 0 fully saturated rings. The van der Waals surface area contributed by atoms with Crippen LogP contribution in [0.1, 0.15) is 11.7 Å². The number of benzene rings is 1. The number of aliphatic hydroxyl groups is 1. The predicted molar refractivity (Wildman–Crippen MR) is 50.7 cm³/mol. The van der Waals surface area contributed by atoms with Crippen LogP contribution in [0.4, 0.5) is 18.9 Å². The Kier molecular flexibility index (Phi) is 3.56. The molecule has 0 amide bonds. The lowest BCUT2D eigenvalue weighted by atomic mass is 10.1. The quantitative estimate of drug-likeness (QED) is 0.660. The van der Waals surface area contributed by atoms with Gasteiger partial charge in [-0.25, -0.2) is 0 Å². The second kappa shape index (κ2) is 4.58. The Labute approximate surface area is 93.6 Å². The fraction of sp³-hybridized carbons (Fsp3) is 0.333. The van der Waals surface area contributed by atoms with Gasteiger partial charge in [-0.05, 0) is 12.1 Å². The summed E-state index contributed by atoms with van der Waals surface area (Å²) in [6.45, 7) is 0. The molecule has 1 rings (SSSR count). The standard InChI is InChI=1S/C9H8F3NO4/c1-17-5-2-3-7(13(15)16)6(4-5)8(14)9(10,11)12/h2-4,8,14H,1H3/t8-/m0/s1. The lowest BCUT2D eigenvalue weighted by Crippen LogP contribution is -2.21. The fourth-order valence-corrected chi connectivity index (χ4v) is 1.22. The van der Waals surface area contributed by atoms with E-state index in [0.29, 0.717) is 0 Å². The molecule has 0 heterocycles. The molecule has 0 saturated heterocycles. The normalized spacial score (nSPS) is 13.2. The summed E-state index contributed by atoms with van der Waals surface area (Å²) in [6, 6.07) is 2.78. The lowest BCUT2D eigenvalue weighted by Gasteiger charge is -2.15. The Hall–Kier alpha value is -1.83. The van der Waals surface area contributed by atoms with E-state index in [1.54, 1.807) is 0 Å². The Morgan fingerprint density at radius 2 is 2.06 bits per heavy atom. The molecule has 94 valence electrons. The van der Waals surface area contributed by atoms with Crippen LogP contribution in [0, 0.1) is 10.1 Å². The lowest BCUT2D eigenvalue weighted by molar-refractivity contribution is -0.387. The minimum absolute atomic E-state index is 0.00565. The van der Waals surface area contributed by atoms with Crippen LogP contribution in [-0.2, 0) is 0 Å². The molecule has 0 aromatic heterocycles. The summed E-state index contributed by atoms with van der Waals surface area (Å²) in [5.74, 6) is -0.00565. The van der Waals surface area contributed by atoms with Gasteiger partial charge in [0.1, 0.15) is 5.75 Å². The van der Waals surface area contributed by atoms with Crippen molar-refractivity contribution in [3.05, 3.63) is 33.9 Å². The summed E-state index contributed by atoms with van der Waals surface area (Å²) < 4.78 is 41.6. The van der Waals surface area contributed by atoms with Crippen LogP contribution >= 0.6 is 0 Å². The first-order chi connectivity index (χ1) is 7.77. The SMILES string of the molecule is COc1ccc([N+](=O)[O-])c([C@H](O)C(F)(F)F)c1. The summed E-state index contributed by atoms with van der Waals surface area (Å²) in [6.07, 6.45) is -7.89. The number of hydrogen-bond donors (Lipinski definition) is 1. The van der Waals surface area contributed by atoms with E-state index in [1.165, 1.54) is 7.11 Å². The molecule has 0 unspecified atom stereocenters. The Balaban J connectivity index is 3.32. The number of nitrogens with zero attached hydrogens (tertiary/aromatic N) is 1. The molecule has 0 spiro atoms. The van der Waals surface area contributed by atoms with Crippen molar-refractivity contribution < 1.29 is 27.9 Å². The van der Waals surface area contributed by atoms with Crippen LogP contribution in [0.15, 0.2) is 18.2 Å². The van der Waals surface area contributed by atoms with E-state index in [2.05, 4.69) is 4.74 Å². The van der Waals surface area contributed by atoms with Crippen molar-refractivity contribution in [2.75, 3.05) is 7.11 Å². The van der Waals surface area contributed by atoms with E-state index < -0.39 is 28.5 Å². The molecule has 5 nitrogen and oxygen atoms in total. The van der Waals surface area contributed by atoms with Gasteiger partial charge >= 0.3 is 6.18 Å². The summed E-state index contributed by atoms with van der Waals surface area (Å²) >= 11 is 0. The molecule has 17 heavy (non-hydrogen) atoms. The van der Waals surface area contributed by atoms with Crippen molar-refractivity contribution in [3.8, 4) is 5.75 Å². The maximum Gasteiger partial charge on any atom is 0.418 e. The summed E-state index contributed by atoms with van der Waals surface area (Å²) in [4.78, 5) is 9.54. The molecular weight excluding hydrogens is 243 g/mol. The fourth-order valence-electron chi connectivity index (χ4n) is 1.22. The average molecular weight is 251 g/mol. The van der Waals surface area contributed by atoms with Gasteiger partial charge < -0.3 is 9.84 Å². The van der Waals surface area contributed by atoms with Crippen molar-refractivity contribution in [3.63, 3.8) is 0 Å². The van der Waals surface area contributed by atoms with Crippen molar-refractivity contribution in [2.24, 2.45) is 0 Å². The van der Waals surface area contributed by atoms with Gasteiger partial charge in [0.25, 0.3) is 5.69 Å². The van der Waals surface area contributed by atoms with Gasteiger partial charge in [0.15, 0.2) is 6.10 Å². The Morgan fingerprint density at radius 3 is 2.47 bits per heavy atom. The molecule has 1 aromatic rings. The molecule has 0 bridgehead atoms. The van der Waals surface area contributed by atoms with Crippen molar-refractivity contribution >= 4 is 5.69 Å². The predicted octanol–water partition coefficient (Wildman–Crippen LogP) is 2.20.